The van der Waals surface area contributed by atoms with E-state index in [4.69, 9.17) is 15.3 Å². The van der Waals surface area contributed by atoms with Gasteiger partial charge in [0, 0.05) is 19.1 Å². The summed E-state index contributed by atoms with van der Waals surface area (Å²) in [6.07, 6.45) is 2.97. The summed E-state index contributed by atoms with van der Waals surface area (Å²) in [5, 5.41) is 23.0. The molecule has 0 saturated carbocycles. The molecule has 0 amide bonds. The summed E-state index contributed by atoms with van der Waals surface area (Å²) in [4.78, 5) is 28.9. The zero-order chi connectivity index (χ0) is 14.3. The predicted octanol–water partition coefficient (Wildman–Crippen LogP) is 1.09. The Kier molecular flexibility index (Phi) is 18.6. The van der Waals surface area contributed by atoms with Crippen LogP contribution < -0.4 is 0 Å². The number of aliphatic hydroxyl groups is 1. The molecule has 0 aliphatic heterocycles. The van der Waals surface area contributed by atoms with Crippen molar-refractivity contribution in [3.05, 3.63) is 37.8 Å². The number of carboxylic acid groups (broad SMARTS) is 2. The van der Waals surface area contributed by atoms with E-state index in [0.717, 1.165) is 12.5 Å². The number of ether oxygens (including phenoxy) is 1. The van der Waals surface area contributed by atoms with Gasteiger partial charge < -0.3 is 20.1 Å². The average Bonchev–Trinajstić information content (AvgIpc) is 2.16. The third-order valence-electron chi connectivity index (χ3n) is 0.618. The molecule has 0 radical (unpaired) electrons. The van der Waals surface area contributed by atoms with Gasteiger partial charge in [-0.15, -0.1) is 0 Å². The molecule has 0 aliphatic rings. The highest BCUT2D eigenvalue weighted by atomic mass is 16.5. The van der Waals surface area contributed by atoms with Crippen molar-refractivity contribution in [2.45, 2.75) is 6.92 Å². The first-order chi connectivity index (χ1) is 7.81. The Morgan fingerprint density at radius 1 is 1.06 bits per heavy atom. The second-order valence-electron chi connectivity index (χ2n) is 1.97. The molecule has 0 rings (SSSR count). The Bertz CT molecular complexity index is 275. The summed E-state index contributed by atoms with van der Waals surface area (Å²) in [6, 6.07) is 0. The Balaban J connectivity index is -0.000000193. The molecule has 0 atom stereocenters. The lowest BCUT2D eigenvalue weighted by Gasteiger charge is -1.83. The van der Waals surface area contributed by atoms with E-state index in [0.29, 0.717) is 12.2 Å². The SMILES string of the molecule is C=CO.C=COC(C)=O.O=C(O)/C=C\C(=O)O. The van der Waals surface area contributed by atoms with Gasteiger partial charge in [0.15, 0.2) is 0 Å². The van der Waals surface area contributed by atoms with Crippen molar-refractivity contribution in [1.29, 1.82) is 0 Å². The first kappa shape index (κ1) is 19.9. The third-order valence-corrected chi connectivity index (χ3v) is 0.618. The van der Waals surface area contributed by atoms with E-state index in [1.807, 2.05) is 0 Å². The van der Waals surface area contributed by atoms with E-state index in [1.165, 1.54) is 6.92 Å². The second kappa shape index (κ2) is 15.9. The van der Waals surface area contributed by atoms with E-state index in [9.17, 15) is 14.4 Å². The van der Waals surface area contributed by atoms with Crippen LogP contribution in [0.1, 0.15) is 6.92 Å². The summed E-state index contributed by atoms with van der Waals surface area (Å²) in [7, 11) is 0. The van der Waals surface area contributed by atoms with Gasteiger partial charge in [-0.3, -0.25) is 4.79 Å². The number of aliphatic carboxylic acids is 2. The minimum absolute atomic E-state index is 0.329. The third kappa shape index (κ3) is 59.5. The first-order valence-electron chi connectivity index (χ1n) is 3.98. The van der Waals surface area contributed by atoms with Crippen molar-refractivity contribution in [2.24, 2.45) is 0 Å². The molecular formula is C10H14O7. The molecule has 0 aromatic carbocycles. The molecule has 0 spiro atoms. The fraction of sp³-hybridized carbons (Fsp3) is 0.100. The normalized spacial score (nSPS) is 7.59. The molecule has 7 nitrogen and oxygen atoms in total. The number of aliphatic hydroxyl groups excluding tert-OH is 1. The van der Waals surface area contributed by atoms with E-state index < -0.39 is 11.9 Å². The fourth-order valence-electron chi connectivity index (χ4n) is 0.260. The summed E-state index contributed by atoms with van der Waals surface area (Å²) >= 11 is 0. The molecule has 0 saturated heterocycles. The van der Waals surface area contributed by atoms with Gasteiger partial charge in [0.1, 0.15) is 0 Å². The van der Waals surface area contributed by atoms with Crippen LogP contribution in [0.3, 0.4) is 0 Å². The van der Waals surface area contributed by atoms with Gasteiger partial charge in [-0.2, -0.15) is 0 Å². The van der Waals surface area contributed by atoms with Crippen molar-refractivity contribution in [2.75, 3.05) is 0 Å². The molecule has 96 valence electrons. The fourth-order valence-corrected chi connectivity index (χ4v) is 0.260. The van der Waals surface area contributed by atoms with Crippen molar-refractivity contribution < 1.29 is 34.4 Å². The first-order valence-corrected chi connectivity index (χ1v) is 3.98. The summed E-state index contributed by atoms with van der Waals surface area (Å²) in [5.41, 5.74) is 0. The lowest BCUT2D eigenvalue weighted by Crippen LogP contribution is -1.91. The summed E-state index contributed by atoms with van der Waals surface area (Å²) < 4.78 is 4.17. The number of esters is 1. The minimum Gasteiger partial charge on any atom is -0.516 e. The number of carbonyl (C=O) groups excluding carboxylic acids is 1. The van der Waals surface area contributed by atoms with Crippen molar-refractivity contribution in [3.8, 4) is 0 Å². The Hall–Kier alpha value is -2.57. The second-order valence-corrected chi connectivity index (χ2v) is 1.97. The van der Waals surface area contributed by atoms with Gasteiger partial charge >= 0.3 is 17.9 Å². The zero-order valence-electron chi connectivity index (χ0n) is 9.20. The van der Waals surface area contributed by atoms with Crippen LogP contribution in [0.15, 0.2) is 37.8 Å². The molecule has 0 aliphatic carbocycles. The van der Waals surface area contributed by atoms with E-state index in [2.05, 4.69) is 17.9 Å². The van der Waals surface area contributed by atoms with Crippen LogP contribution in [0.4, 0.5) is 0 Å². The standard InChI is InChI=1S/C4H4O4.C4H6O2.C2H4O/c5-3(6)1-2-4(7)8;1-3-6-4(2)5;1-2-3/h1-2H,(H,5,6)(H,7,8);3H,1H2,2H3;2-3H,1H2/b2-1-;;. The van der Waals surface area contributed by atoms with Gasteiger partial charge in [-0.25, -0.2) is 9.59 Å². The molecule has 0 unspecified atom stereocenters. The van der Waals surface area contributed by atoms with Crippen LogP contribution in [-0.4, -0.2) is 33.2 Å². The zero-order valence-corrected chi connectivity index (χ0v) is 9.20. The number of carbonyl (C=O) groups is 3. The van der Waals surface area contributed by atoms with E-state index >= 15 is 0 Å². The highest BCUT2D eigenvalue weighted by Gasteiger charge is 1.88. The number of carboxylic acids is 2. The van der Waals surface area contributed by atoms with Gasteiger partial charge in [-0.1, -0.05) is 13.2 Å². The number of hydrogen-bond acceptors (Lipinski definition) is 5. The molecule has 0 aromatic heterocycles. The minimum atomic E-state index is -1.26. The predicted molar refractivity (Wildman–Crippen MR) is 59.2 cm³/mol. The average molecular weight is 246 g/mol. The van der Waals surface area contributed by atoms with Crippen LogP contribution in [0.5, 0.6) is 0 Å². The quantitative estimate of drug-likeness (QED) is 0.387. The molecular weight excluding hydrogens is 232 g/mol. The van der Waals surface area contributed by atoms with Crippen LogP contribution in [0.2, 0.25) is 0 Å². The van der Waals surface area contributed by atoms with Crippen LogP contribution in [0, 0.1) is 0 Å². The Morgan fingerprint density at radius 2 is 1.35 bits per heavy atom. The van der Waals surface area contributed by atoms with Crippen molar-refractivity contribution in [3.63, 3.8) is 0 Å². The lowest BCUT2D eigenvalue weighted by molar-refractivity contribution is -0.135. The van der Waals surface area contributed by atoms with E-state index in [-0.39, 0.29) is 5.97 Å². The Morgan fingerprint density at radius 3 is 1.41 bits per heavy atom. The highest BCUT2D eigenvalue weighted by Crippen LogP contribution is 1.71. The summed E-state index contributed by atoms with van der Waals surface area (Å²) in [6.45, 7) is 7.40. The Labute approximate surface area is 97.9 Å². The van der Waals surface area contributed by atoms with E-state index in [1.54, 1.807) is 0 Å². The topological polar surface area (TPSA) is 121 Å². The number of hydrogen-bond donors (Lipinski definition) is 3. The van der Waals surface area contributed by atoms with Gasteiger partial charge in [0.2, 0.25) is 0 Å². The molecule has 3 N–H and O–H groups in total. The maximum atomic E-state index is 9.75. The lowest BCUT2D eigenvalue weighted by atomic mass is 10.5. The molecule has 17 heavy (non-hydrogen) atoms. The summed E-state index contributed by atoms with van der Waals surface area (Å²) in [5.74, 6) is -2.84. The highest BCUT2D eigenvalue weighted by molar-refractivity contribution is 5.89. The number of rotatable bonds is 3. The van der Waals surface area contributed by atoms with Crippen molar-refractivity contribution >= 4 is 17.9 Å². The molecule has 7 heteroatoms. The molecule has 0 bridgehead atoms. The monoisotopic (exact) mass is 246 g/mol. The van der Waals surface area contributed by atoms with Gasteiger partial charge in [0.05, 0.1) is 12.5 Å². The van der Waals surface area contributed by atoms with Crippen LogP contribution >= 0.6 is 0 Å². The molecule has 0 aromatic rings. The van der Waals surface area contributed by atoms with Crippen molar-refractivity contribution in [1.82, 2.24) is 0 Å². The largest absolute Gasteiger partial charge is 0.516 e. The maximum absolute atomic E-state index is 9.75. The van der Waals surface area contributed by atoms with Crippen LogP contribution in [-0.2, 0) is 19.1 Å². The smallest absolute Gasteiger partial charge is 0.328 e. The van der Waals surface area contributed by atoms with Gasteiger partial charge in [0.25, 0.3) is 0 Å². The van der Waals surface area contributed by atoms with Gasteiger partial charge in [-0.05, 0) is 0 Å². The molecule has 0 fully saturated rings. The molecule has 0 heterocycles. The maximum Gasteiger partial charge on any atom is 0.328 e. The van der Waals surface area contributed by atoms with Crippen LogP contribution in [0.25, 0.3) is 0 Å².